The lowest BCUT2D eigenvalue weighted by Crippen LogP contribution is -1.93. The topological polar surface area (TPSA) is 63.7 Å². The lowest BCUT2D eigenvalue weighted by molar-refractivity contribution is 0.397. The third-order valence-corrected chi connectivity index (χ3v) is 2.31. The molecule has 0 atom stereocenters. The number of pyridine rings is 1. The summed E-state index contributed by atoms with van der Waals surface area (Å²) in [7, 11) is 1.59. The van der Waals surface area contributed by atoms with Gasteiger partial charge in [0.05, 0.1) is 13.0 Å². The SMILES string of the molecule is COc1ccc(Cc2nc(CCl)n[nH]2)cn1. The molecule has 2 aromatic heterocycles. The molecule has 2 aromatic rings. The average Bonchev–Trinajstić information content (AvgIpc) is 2.78. The van der Waals surface area contributed by atoms with E-state index in [0.717, 1.165) is 11.4 Å². The Hall–Kier alpha value is -1.62. The predicted molar refractivity (Wildman–Crippen MR) is 59.5 cm³/mol. The highest BCUT2D eigenvalue weighted by atomic mass is 35.5. The number of rotatable bonds is 4. The van der Waals surface area contributed by atoms with Crippen molar-refractivity contribution in [2.75, 3.05) is 7.11 Å². The van der Waals surface area contributed by atoms with Crippen molar-refractivity contribution in [2.45, 2.75) is 12.3 Å². The second kappa shape index (κ2) is 4.94. The number of nitrogens with one attached hydrogen (secondary N) is 1. The van der Waals surface area contributed by atoms with E-state index in [1.165, 1.54) is 0 Å². The molecule has 0 bridgehead atoms. The molecule has 6 heteroatoms. The molecule has 0 fully saturated rings. The van der Waals surface area contributed by atoms with Crippen LogP contribution in [0.15, 0.2) is 18.3 Å². The summed E-state index contributed by atoms with van der Waals surface area (Å²) in [6.07, 6.45) is 2.41. The Morgan fingerprint density at radius 1 is 1.44 bits per heavy atom. The van der Waals surface area contributed by atoms with Crippen LogP contribution in [-0.2, 0) is 12.3 Å². The number of H-pyrrole nitrogens is 1. The maximum absolute atomic E-state index is 5.61. The van der Waals surface area contributed by atoms with Crippen molar-refractivity contribution >= 4 is 11.6 Å². The van der Waals surface area contributed by atoms with Gasteiger partial charge in [0, 0.05) is 18.7 Å². The van der Waals surface area contributed by atoms with E-state index >= 15 is 0 Å². The summed E-state index contributed by atoms with van der Waals surface area (Å²) in [6.45, 7) is 0. The van der Waals surface area contributed by atoms with Crippen molar-refractivity contribution in [3.63, 3.8) is 0 Å². The molecule has 0 amide bonds. The van der Waals surface area contributed by atoms with Gasteiger partial charge in [-0.2, -0.15) is 5.10 Å². The number of nitrogens with zero attached hydrogens (tertiary/aromatic N) is 3. The van der Waals surface area contributed by atoms with Gasteiger partial charge in [0.2, 0.25) is 5.88 Å². The van der Waals surface area contributed by atoms with Gasteiger partial charge in [0.25, 0.3) is 0 Å². The molecular formula is C10H11ClN4O. The van der Waals surface area contributed by atoms with Crippen LogP contribution in [0.1, 0.15) is 17.2 Å². The Labute approximate surface area is 97.8 Å². The largest absolute Gasteiger partial charge is 0.481 e. The lowest BCUT2D eigenvalue weighted by atomic mass is 10.2. The molecule has 5 nitrogen and oxygen atoms in total. The van der Waals surface area contributed by atoms with Crippen LogP contribution in [-0.4, -0.2) is 27.3 Å². The maximum atomic E-state index is 5.61. The van der Waals surface area contributed by atoms with Crippen molar-refractivity contribution in [1.29, 1.82) is 0 Å². The molecule has 0 aliphatic heterocycles. The Morgan fingerprint density at radius 2 is 2.31 bits per heavy atom. The minimum Gasteiger partial charge on any atom is -0.481 e. The minimum atomic E-state index is 0.317. The summed E-state index contributed by atoms with van der Waals surface area (Å²) in [5, 5.41) is 6.78. The molecule has 1 N–H and O–H groups in total. The van der Waals surface area contributed by atoms with Crippen LogP contribution >= 0.6 is 11.6 Å². The zero-order chi connectivity index (χ0) is 11.4. The van der Waals surface area contributed by atoms with Crippen molar-refractivity contribution in [3.8, 4) is 5.88 Å². The first-order chi connectivity index (χ1) is 7.81. The second-order valence-electron chi connectivity index (χ2n) is 3.22. The van der Waals surface area contributed by atoms with Crippen LogP contribution in [0.4, 0.5) is 0 Å². The molecule has 0 saturated heterocycles. The molecule has 0 spiro atoms. The fourth-order valence-corrected chi connectivity index (χ4v) is 1.42. The van der Waals surface area contributed by atoms with E-state index in [1.54, 1.807) is 13.3 Å². The van der Waals surface area contributed by atoms with Crippen LogP contribution in [0.2, 0.25) is 0 Å². The van der Waals surface area contributed by atoms with Gasteiger partial charge < -0.3 is 4.74 Å². The van der Waals surface area contributed by atoms with E-state index in [2.05, 4.69) is 20.2 Å². The van der Waals surface area contributed by atoms with Gasteiger partial charge in [-0.15, -0.1) is 11.6 Å². The van der Waals surface area contributed by atoms with E-state index in [9.17, 15) is 0 Å². The van der Waals surface area contributed by atoms with Crippen molar-refractivity contribution in [2.24, 2.45) is 0 Å². The van der Waals surface area contributed by atoms with Crippen LogP contribution in [0.3, 0.4) is 0 Å². The molecule has 0 aliphatic carbocycles. The van der Waals surface area contributed by atoms with Crippen LogP contribution in [0.25, 0.3) is 0 Å². The minimum absolute atomic E-state index is 0.317. The van der Waals surface area contributed by atoms with Gasteiger partial charge in [0.15, 0.2) is 5.82 Å². The van der Waals surface area contributed by atoms with Crippen molar-refractivity contribution < 1.29 is 4.74 Å². The van der Waals surface area contributed by atoms with E-state index in [4.69, 9.17) is 16.3 Å². The summed E-state index contributed by atoms with van der Waals surface area (Å²) in [5.74, 6) is 2.31. The first-order valence-electron chi connectivity index (χ1n) is 4.77. The van der Waals surface area contributed by atoms with Gasteiger partial charge in [0.1, 0.15) is 5.82 Å². The average molecular weight is 239 g/mol. The van der Waals surface area contributed by atoms with E-state index in [0.29, 0.717) is 24.0 Å². The molecule has 0 aliphatic rings. The second-order valence-corrected chi connectivity index (χ2v) is 3.48. The zero-order valence-corrected chi connectivity index (χ0v) is 9.53. The Bertz CT molecular complexity index is 454. The van der Waals surface area contributed by atoms with Crippen molar-refractivity contribution in [3.05, 3.63) is 35.5 Å². The van der Waals surface area contributed by atoms with Gasteiger partial charge in [-0.1, -0.05) is 6.07 Å². The molecule has 0 unspecified atom stereocenters. The zero-order valence-electron chi connectivity index (χ0n) is 8.77. The third kappa shape index (κ3) is 2.49. The molecule has 84 valence electrons. The fraction of sp³-hybridized carbons (Fsp3) is 0.300. The van der Waals surface area contributed by atoms with E-state index in [-0.39, 0.29) is 0 Å². The lowest BCUT2D eigenvalue weighted by Gasteiger charge is -1.99. The number of hydrogen-bond acceptors (Lipinski definition) is 4. The molecule has 16 heavy (non-hydrogen) atoms. The Kier molecular flexibility index (Phi) is 3.36. The van der Waals surface area contributed by atoms with Crippen LogP contribution < -0.4 is 4.74 Å². The number of ether oxygens (including phenoxy) is 1. The highest BCUT2D eigenvalue weighted by molar-refractivity contribution is 6.16. The number of alkyl halides is 1. The number of hydrogen-bond donors (Lipinski definition) is 1. The van der Waals surface area contributed by atoms with Crippen LogP contribution in [0, 0.1) is 0 Å². The monoisotopic (exact) mass is 238 g/mol. The van der Waals surface area contributed by atoms with Gasteiger partial charge in [-0.25, -0.2) is 9.97 Å². The van der Waals surface area contributed by atoms with Gasteiger partial charge in [-0.05, 0) is 5.56 Å². The molecular weight excluding hydrogens is 228 g/mol. The smallest absolute Gasteiger partial charge is 0.212 e. The highest BCUT2D eigenvalue weighted by Gasteiger charge is 2.03. The fourth-order valence-electron chi connectivity index (χ4n) is 1.30. The normalized spacial score (nSPS) is 10.4. The molecule has 0 saturated carbocycles. The Balaban J connectivity index is 2.08. The summed E-state index contributed by atoms with van der Waals surface area (Å²) in [5.41, 5.74) is 1.04. The van der Waals surface area contributed by atoms with Crippen molar-refractivity contribution in [1.82, 2.24) is 20.2 Å². The first kappa shape index (κ1) is 10.9. The Morgan fingerprint density at radius 3 is 2.88 bits per heavy atom. The summed E-state index contributed by atoms with van der Waals surface area (Å²) in [6, 6.07) is 3.75. The van der Waals surface area contributed by atoms with E-state index in [1.807, 2.05) is 12.1 Å². The number of methoxy groups -OCH3 is 1. The third-order valence-electron chi connectivity index (χ3n) is 2.08. The molecule has 2 rings (SSSR count). The van der Waals surface area contributed by atoms with Crippen LogP contribution in [0.5, 0.6) is 5.88 Å². The highest BCUT2D eigenvalue weighted by Crippen LogP contribution is 2.09. The standard InChI is InChI=1S/C10H11ClN4O/c1-16-10-3-2-7(6-12-10)4-8-13-9(5-11)15-14-8/h2-3,6H,4-5H2,1H3,(H,13,14,15). The molecule has 0 radical (unpaired) electrons. The predicted octanol–water partition coefficient (Wildman–Crippen LogP) is 1.54. The molecule has 2 heterocycles. The maximum Gasteiger partial charge on any atom is 0.212 e. The number of aromatic nitrogens is 4. The van der Waals surface area contributed by atoms with Gasteiger partial charge >= 0.3 is 0 Å². The number of halogens is 1. The quantitative estimate of drug-likeness (QED) is 0.821. The molecule has 0 aromatic carbocycles. The summed E-state index contributed by atoms with van der Waals surface area (Å²) in [4.78, 5) is 8.32. The summed E-state index contributed by atoms with van der Waals surface area (Å²) >= 11 is 5.61. The summed E-state index contributed by atoms with van der Waals surface area (Å²) < 4.78 is 4.98. The number of aromatic amines is 1. The van der Waals surface area contributed by atoms with E-state index < -0.39 is 0 Å². The first-order valence-corrected chi connectivity index (χ1v) is 5.30. The van der Waals surface area contributed by atoms with Gasteiger partial charge in [-0.3, -0.25) is 5.10 Å².